The van der Waals surface area contributed by atoms with Gasteiger partial charge in [0.05, 0.1) is 0 Å². The van der Waals surface area contributed by atoms with Gasteiger partial charge in [-0.1, -0.05) is 0 Å². The van der Waals surface area contributed by atoms with E-state index in [0.717, 1.165) is 6.42 Å². The van der Waals surface area contributed by atoms with Crippen molar-refractivity contribution in [1.82, 2.24) is 4.90 Å². The minimum atomic E-state index is -3.29. The molecular weight excluding hydrogens is 190 g/mol. The van der Waals surface area contributed by atoms with E-state index in [2.05, 4.69) is 0 Å². The molecular formula is C9H16F2N2O. The molecule has 0 spiro atoms. The van der Waals surface area contributed by atoms with Crippen molar-refractivity contribution >= 4 is 5.91 Å². The van der Waals surface area contributed by atoms with Crippen molar-refractivity contribution in [3.63, 3.8) is 0 Å². The highest BCUT2D eigenvalue weighted by Crippen LogP contribution is 2.22. The molecule has 0 aromatic carbocycles. The van der Waals surface area contributed by atoms with Gasteiger partial charge >= 0.3 is 5.92 Å². The summed E-state index contributed by atoms with van der Waals surface area (Å²) in [5.41, 5.74) is 5.71. The lowest BCUT2D eigenvalue weighted by molar-refractivity contribution is -0.158. The van der Waals surface area contributed by atoms with E-state index in [1.807, 2.05) is 0 Å². The average Bonchev–Trinajstić information content (AvgIpc) is 2.07. The van der Waals surface area contributed by atoms with Crippen LogP contribution in [-0.2, 0) is 4.79 Å². The minimum absolute atomic E-state index is 0.185. The predicted molar refractivity (Wildman–Crippen MR) is 49.0 cm³/mol. The maximum atomic E-state index is 12.8. The third kappa shape index (κ3) is 2.20. The van der Waals surface area contributed by atoms with E-state index >= 15 is 0 Å². The summed E-state index contributed by atoms with van der Waals surface area (Å²) >= 11 is 0. The van der Waals surface area contributed by atoms with Gasteiger partial charge in [-0.05, 0) is 19.8 Å². The summed E-state index contributed by atoms with van der Waals surface area (Å²) in [5, 5.41) is 0. The molecule has 3 nitrogen and oxygen atoms in total. The second kappa shape index (κ2) is 3.81. The largest absolute Gasteiger partial charge is 0.333 e. The van der Waals surface area contributed by atoms with Crippen LogP contribution in [-0.4, -0.2) is 35.4 Å². The van der Waals surface area contributed by atoms with E-state index in [1.165, 1.54) is 4.90 Å². The van der Waals surface area contributed by atoms with Crippen molar-refractivity contribution in [3.05, 3.63) is 0 Å². The number of amides is 1. The van der Waals surface area contributed by atoms with Gasteiger partial charge in [0.1, 0.15) is 0 Å². The molecule has 0 aliphatic carbocycles. The van der Waals surface area contributed by atoms with Crippen LogP contribution in [0.25, 0.3) is 0 Å². The van der Waals surface area contributed by atoms with Crippen LogP contribution in [0.1, 0.15) is 26.7 Å². The van der Waals surface area contributed by atoms with Crippen LogP contribution in [0.5, 0.6) is 0 Å². The quantitative estimate of drug-likeness (QED) is 0.695. The van der Waals surface area contributed by atoms with Crippen molar-refractivity contribution in [1.29, 1.82) is 0 Å². The average molecular weight is 206 g/mol. The van der Waals surface area contributed by atoms with E-state index in [1.54, 1.807) is 6.92 Å². The topological polar surface area (TPSA) is 46.3 Å². The zero-order valence-electron chi connectivity index (χ0n) is 8.46. The summed E-state index contributed by atoms with van der Waals surface area (Å²) < 4.78 is 25.5. The first kappa shape index (κ1) is 11.4. The molecule has 14 heavy (non-hydrogen) atoms. The molecule has 1 aliphatic heterocycles. The van der Waals surface area contributed by atoms with E-state index in [0.29, 0.717) is 19.9 Å². The number of halogens is 2. The normalized spacial score (nSPS) is 29.1. The van der Waals surface area contributed by atoms with Crippen molar-refractivity contribution in [2.75, 3.05) is 6.54 Å². The zero-order valence-corrected chi connectivity index (χ0v) is 8.46. The summed E-state index contributed by atoms with van der Waals surface area (Å²) in [7, 11) is 0. The number of carbonyl (C=O) groups excluding carboxylic acids is 1. The Morgan fingerprint density at radius 1 is 1.57 bits per heavy atom. The maximum Gasteiger partial charge on any atom is 0.322 e. The van der Waals surface area contributed by atoms with Crippen LogP contribution in [0.15, 0.2) is 0 Å². The standard InChI is InChI=1S/C9H16F2N2O/c1-6-7(12)4-3-5-13(6)8(14)9(2,10)11/h6-7H,3-5,12H2,1-2H3. The highest BCUT2D eigenvalue weighted by Gasteiger charge is 2.40. The predicted octanol–water partition coefficient (Wildman–Crippen LogP) is 0.980. The lowest BCUT2D eigenvalue weighted by Gasteiger charge is -2.38. The van der Waals surface area contributed by atoms with Crippen molar-refractivity contribution < 1.29 is 13.6 Å². The lowest BCUT2D eigenvalue weighted by Crippen LogP contribution is -2.56. The maximum absolute atomic E-state index is 12.8. The van der Waals surface area contributed by atoms with Gasteiger partial charge in [-0.15, -0.1) is 0 Å². The molecule has 2 atom stereocenters. The Balaban J connectivity index is 2.72. The van der Waals surface area contributed by atoms with E-state index in [4.69, 9.17) is 5.73 Å². The molecule has 2 unspecified atom stereocenters. The van der Waals surface area contributed by atoms with Crippen LogP contribution in [0, 0.1) is 0 Å². The van der Waals surface area contributed by atoms with Crippen molar-refractivity contribution in [2.45, 2.75) is 44.7 Å². The molecule has 2 N–H and O–H groups in total. The first-order valence-electron chi connectivity index (χ1n) is 4.78. The van der Waals surface area contributed by atoms with Gasteiger partial charge in [-0.2, -0.15) is 8.78 Å². The van der Waals surface area contributed by atoms with E-state index in [9.17, 15) is 13.6 Å². The number of hydrogen-bond acceptors (Lipinski definition) is 2. The van der Waals surface area contributed by atoms with Crippen LogP contribution in [0.4, 0.5) is 8.78 Å². The molecule has 82 valence electrons. The Morgan fingerprint density at radius 3 is 2.64 bits per heavy atom. The van der Waals surface area contributed by atoms with Gasteiger partial charge in [0.25, 0.3) is 5.91 Å². The number of nitrogens with two attached hydrogens (primary N) is 1. The van der Waals surface area contributed by atoms with Crippen LogP contribution < -0.4 is 5.73 Å². The van der Waals surface area contributed by atoms with Crippen LogP contribution in [0.3, 0.4) is 0 Å². The molecule has 1 rings (SSSR count). The second-order valence-electron chi connectivity index (χ2n) is 3.93. The SMILES string of the molecule is CC1C(N)CCCN1C(=O)C(C)(F)F. The summed E-state index contributed by atoms with van der Waals surface area (Å²) in [6, 6.07) is -0.475. The van der Waals surface area contributed by atoms with Gasteiger partial charge in [0, 0.05) is 25.6 Å². The molecule has 1 heterocycles. The summed E-state index contributed by atoms with van der Waals surface area (Å²) in [4.78, 5) is 12.5. The number of likely N-dealkylation sites (tertiary alicyclic amines) is 1. The fourth-order valence-corrected chi connectivity index (χ4v) is 1.71. The van der Waals surface area contributed by atoms with Gasteiger partial charge in [0.2, 0.25) is 0 Å². The van der Waals surface area contributed by atoms with Crippen molar-refractivity contribution in [2.24, 2.45) is 5.73 Å². The molecule has 0 aromatic heterocycles. The van der Waals surface area contributed by atoms with Gasteiger partial charge < -0.3 is 10.6 Å². The second-order valence-corrected chi connectivity index (χ2v) is 3.93. The Labute approximate surface area is 82.2 Å². The molecule has 0 saturated carbocycles. The molecule has 0 bridgehead atoms. The number of alkyl halides is 2. The number of rotatable bonds is 1. The van der Waals surface area contributed by atoms with Crippen LogP contribution >= 0.6 is 0 Å². The molecule has 1 saturated heterocycles. The molecule has 5 heteroatoms. The number of piperidine rings is 1. The fraction of sp³-hybridized carbons (Fsp3) is 0.889. The lowest BCUT2D eigenvalue weighted by atomic mass is 9.98. The summed E-state index contributed by atoms with van der Waals surface area (Å²) in [5.74, 6) is -4.40. The first-order valence-corrected chi connectivity index (χ1v) is 4.78. The summed E-state index contributed by atoms with van der Waals surface area (Å²) in [6.07, 6.45) is 1.49. The number of nitrogens with zero attached hydrogens (tertiary/aromatic N) is 1. The van der Waals surface area contributed by atoms with Crippen molar-refractivity contribution in [3.8, 4) is 0 Å². The Kier molecular flexibility index (Phi) is 3.09. The number of hydrogen-bond donors (Lipinski definition) is 1. The smallest absolute Gasteiger partial charge is 0.322 e. The highest BCUT2D eigenvalue weighted by molar-refractivity contribution is 5.83. The number of carbonyl (C=O) groups is 1. The fourth-order valence-electron chi connectivity index (χ4n) is 1.71. The molecule has 1 amide bonds. The van der Waals surface area contributed by atoms with Gasteiger partial charge in [-0.3, -0.25) is 4.79 Å². The molecule has 1 fully saturated rings. The van der Waals surface area contributed by atoms with Gasteiger partial charge in [0.15, 0.2) is 0 Å². The Hall–Kier alpha value is -0.710. The van der Waals surface area contributed by atoms with E-state index in [-0.39, 0.29) is 12.1 Å². The third-order valence-electron chi connectivity index (χ3n) is 2.68. The molecule has 0 aromatic rings. The molecule has 1 aliphatic rings. The first-order chi connectivity index (χ1) is 6.34. The van der Waals surface area contributed by atoms with Crippen LogP contribution in [0.2, 0.25) is 0 Å². The molecule has 0 radical (unpaired) electrons. The third-order valence-corrected chi connectivity index (χ3v) is 2.68. The Morgan fingerprint density at radius 2 is 2.14 bits per heavy atom. The van der Waals surface area contributed by atoms with E-state index < -0.39 is 11.8 Å². The Bertz CT molecular complexity index is 227. The summed E-state index contributed by atoms with van der Waals surface area (Å²) in [6.45, 7) is 2.73. The minimum Gasteiger partial charge on any atom is -0.333 e. The monoisotopic (exact) mass is 206 g/mol. The zero-order chi connectivity index (χ0) is 10.9. The highest BCUT2D eigenvalue weighted by atomic mass is 19.3. The van der Waals surface area contributed by atoms with Gasteiger partial charge in [-0.25, -0.2) is 0 Å².